The first-order valence-corrected chi connectivity index (χ1v) is 8.42. The fraction of sp³-hybridized carbons (Fsp3) is 0.500. The van der Waals surface area contributed by atoms with Crippen LogP contribution in [0, 0.1) is 19.8 Å². The van der Waals surface area contributed by atoms with Gasteiger partial charge in [0.25, 0.3) is 0 Å². The molecule has 6 heteroatoms. The fourth-order valence-electron chi connectivity index (χ4n) is 2.34. The SMILES string of the molecule is Cc1cc(C)n(C[C@H](C)CNC(=O)N[C@H](C)c2cccs2)n1. The van der Waals surface area contributed by atoms with Crippen molar-refractivity contribution in [3.63, 3.8) is 0 Å². The summed E-state index contributed by atoms with van der Waals surface area (Å²) in [5.41, 5.74) is 2.18. The summed E-state index contributed by atoms with van der Waals surface area (Å²) in [5.74, 6) is 0.320. The lowest BCUT2D eigenvalue weighted by Gasteiger charge is -2.16. The number of rotatable bonds is 6. The number of thiophene rings is 1. The van der Waals surface area contributed by atoms with Crippen molar-refractivity contribution in [2.24, 2.45) is 5.92 Å². The summed E-state index contributed by atoms with van der Waals surface area (Å²) < 4.78 is 1.99. The van der Waals surface area contributed by atoms with E-state index in [1.165, 1.54) is 0 Å². The van der Waals surface area contributed by atoms with Gasteiger partial charge in [0, 0.05) is 23.7 Å². The average Bonchev–Trinajstić information content (AvgIpc) is 3.07. The molecule has 2 rings (SSSR count). The van der Waals surface area contributed by atoms with E-state index in [9.17, 15) is 4.79 Å². The van der Waals surface area contributed by atoms with Crippen LogP contribution in [0.3, 0.4) is 0 Å². The van der Waals surface area contributed by atoms with Crippen molar-refractivity contribution in [1.29, 1.82) is 0 Å². The number of nitrogens with one attached hydrogen (secondary N) is 2. The maximum atomic E-state index is 11.9. The Morgan fingerprint density at radius 2 is 2.18 bits per heavy atom. The lowest BCUT2D eigenvalue weighted by molar-refractivity contribution is 0.235. The second-order valence-electron chi connectivity index (χ2n) is 5.81. The topological polar surface area (TPSA) is 59.0 Å². The van der Waals surface area contributed by atoms with Crippen LogP contribution >= 0.6 is 11.3 Å². The normalized spacial score (nSPS) is 13.6. The van der Waals surface area contributed by atoms with Crippen molar-refractivity contribution in [3.8, 4) is 0 Å². The summed E-state index contributed by atoms with van der Waals surface area (Å²) in [5, 5.41) is 12.4. The highest BCUT2D eigenvalue weighted by Crippen LogP contribution is 2.17. The summed E-state index contributed by atoms with van der Waals surface area (Å²) in [6.45, 7) is 9.58. The molecule has 2 aromatic rings. The van der Waals surface area contributed by atoms with Crippen LogP contribution < -0.4 is 10.6 Å². The minimum Gasteiger partial charge on any atom is -0.338 e. The molecule has 2 atom stereocenters. The molecule has 2 amide bonds. The Bertz CT molecular complexity index is 606. The first-order valence-electron chi connectivity index (χ1n) is 7.54. The van der Waals surface area contributed by atoms with Gasteiger partial charge in [0.15, 0.2) is 0 Å². The van der Waals surface area contributed by atoms with E-state index in [1.54, 1.807) is 11.3 Å². The van der Waals surface area contributed by atoms with Crippen LogP contribution in [0.1, 0.15) is 36.2 Å². The highest BCUT2D eigenvalue weighted by Gasteiger charge is 2.12. The molecule has 0 fully saturated rings. The molecule has 2 aromatic heterocycles. The summed E-state index contributed by atoms with van der Waals surface area (Å²) in [6, 6.07) is 6.00. The first kappa shape index (κ1) is 16.5. The third-order valence-corrected chi connectivity index (χ3v) is 4.57. The lowest BCUT2D eigenvalue weighted by atomic mass is 10.2. The average molecular weight is 320 g/mol. The van der Waals surface area contributed by atoms with Crippen molar-refractivity contribution < 1.29 is 4.79 Å². The standard InChI is InChI=1S/C16H24N4OS/c1-11(10-20-13(3)8-12(2)19-20)9-17-16(21)18-14(4)15-6-5-7-22-15/h5-8,11,14H,9-10H2,1-4H3,(H2,17,18,21)/t11-,14-/m1/s1. The largest absolute Gasteiger partial charge is 0.338 e. The van der Waals surface area contributed by atoms with Crippen LogP contribution in [0.5, 0.6) is 0 Å². The molecule has 0 radical (unpaired) electrons. The summed E-state index contributed by atoms with van der Waals surface area (Å²) in [6.07, 6.45) is 0. The molecule has 0 aliphatic rings. The molecule has 0 unspecified atom stereocenters. The molecular formula is C16H24N4OS. The number of hydrogen-bond donors (Lipinski definition) is 2. The molecule has 0 aliphatic carbocycles. The Hall–Kier alpha value is -1.82. The third-order valence-electron chi connectivity index (χ3n) is 3.52. The van der Waals surface area contributed by atoms with Gasteiger partial charge in [-0.25, -0.2) is 4.79 Å². The van der Waals surface area contributed by atoms with E-state index in [4.69, 9.17) is 0 Å². The summed E-state index contributed by atoms with van der Waals surface area (Å²) in [4.78, 5) is 13.1. The minimum absolute atomic E-state index is 0.0336. The van der Waals surface area contributed by atoms with Gasteiger partial charge < -0.3 is 10.6 Å². The number of hydrogen-bond acceptors (Lipinski definition) is 3. The van der Waals surface area contributed by atoms with Crippen LogP contribution in [0.15, 0.2) is 23.6 Å². The summed E-state index contributed by atoms with van der Waals surface area (Å²) in [7, 11) is 0. The molecule has 0 aliphatic heterocycles. The number of urea groups is 1. The number of aromatic nitrogens is 2. The van der Waals surface area contributed by atoms with E-state index >= 15 is 0 Å². The van der Waals surface area contributed by atoms with E-state index in [1.807, 2.05) is 36.0 Å². The van der Waals surface area contributed by atoms with Crippen molar-refractivity contribution in [1.82, 2.24) is 20.4 Å². The molecular weight excluding hydrogens is 296 g/mol. The zero-order chi connectivity index (χ0) is 16.1. The predicted octanol–water partition coefficient (Wildman–Crippen LogP) is 3.26. The second-order valence-corrected chi connectivity index (χ2v) is 6.79. The third kappa shape index (κ3) is 4.59. The molecule has 0 spiro atoms. The summed E-state index contributed by atoms with van der Waals surface area (Å²) >= 11 is 1.65. The van der Waals surface area contributed by atoms with Crippen LogP contribution in [-0.4, -0.2) is 22.4 Å². The fourth-order valence-corrected chi connectivity index (χ4v) is 3.08. The predicted molar refractivity (Wildman–Crippen MR) is 90.1 cm³/mol. The Morgan fingerprint density at radius 1 is 1.41 bits per heavy atom. The number of carbonyl (C=O) groups excluding carboxylic acids is 1. The maximum absolute atomic E-state index is 11.9. The monoisotopic (exact) mass is 320 g/mol. The number of carbonyl (C=O) groups is 1. The van der Waals surface area contributed by atoms with Gasteiger partial charge in [-0.1, -0.05) is 13.0 Å². The molecule has 22 heavy (non-hydrogen) atoms. The van der Waals surface area contributed by atoms with E-state index < -0.39 is 0 Å². The van der Waals surface area contributed by atoms with Crippen molar-refractivity contribution >= 4 is 17.4 Å². The van der Waals surface area contributed by atoms with Gasteiger partial charge in [-0.3, -0.25) is 4.68 Å². The van der Waals surface area contributed by atoms with Gasteiger partial charge >= 0.3 is 6.03 Å². The molecule has 0 saturated carbocycles. The van der Waals surface area contributed by atoms with E-state index in [-0.39, 0.29) is 12.1 Å². The number of nitrogens with zero attached hydrogens (tertiary/aromatic N) is 2. The van der Waals surface area contributed by atoms with E-state index in [2.05, 4.69) is 35.6 Å². The first-order chi connectivity index (χ1) is 10.5. The maximum Gasteiger partial charge on any atom is 0.315 e. The zero-order valence-electron chi connectivity index (χ0n) is 13.6. The van der Waals surface area contributed by atoms with Gasteiger partial charge in [-0.05, 0) is 44.2 Å². The lowest BCUT2D eigenvalue weighted by Crippen LogP contribution is -2.39. The van der Waals surface area contributed by atoms with Crippen molar-refractivity contribution in [2.45, 2.75) is 40.3 Å². The minimum atomic E-state index is -0.124. The Morgan fingerprint density at radius 3 is 2.77 bits per heavy atom. The molecule has 0 aromatic carbocycles. The Kier molecular flexibility index (Phi) is 5.60. The molecule has 0 bridgehead atoms. The zero-order valence-corrected chi connectivity index (χ0v) is 14.4. The van der Waals surface area contributed by atoms with Gasteiger partial charge in [0.05, 0.1) is 11.7 Å². The van der Waals surface area contributed by atoms with E-state index in [0.717, 1.165) is 22.8 Å². The van der Waals surface area contributed by atoms with Gasteiger partial charge in [-0.2, -0.15) is 5.10 Å². The van der Waals surface area contributed by atoms with Crippen LogP contribution in [0.4, 0.5) is 4.79 Å². The second kappa shape index (κ2) is 7.45. The Labute approximate surface area is 135 Å². The molecule has 5 nitrogen and oxygen atoms in total. The van der Waals surface area contributed by atoms with Gasteiger partial charge in [-0.15, -0.1) is 11.3 Å². The molecule has 2 N–H and O–H groups in total. The van der Waals surface area contributed by atoms with Crippen molar-refractivity contribution in [3.05, 3.63) is 39.8 Å². The van der Waals surface area contributed by atoms with Crippen LogP contribution in [0.25, 0.3) is 0 Å². The van der Waals surface area contributed by atoms with Crippen LogP contribution in [-0.2, 0) is 6.54 Å². The molecule has 120 valence electrons. The number of aryl methyl sites for hydroxylation is 2. The van der Waals surface area contributed by atoms with Gasteiger partial charge in [0.2, 0.25) is 0 Å². The smallest absolute Gasteiger partial charge is 0.315 e. The van der Waals surface area contributed by atoms with Crippen LogP contribution in [0.2, 0.25) is 0 Å². The Balaban J connectivity index is 1.75. The van der Waals surface area contributed by atoms with Gasteiger partial charge in [0.1, 0.15) is 0 Å². The highest BCUT2D eigenvalue weighted by molar-refractivity contribution is 7.10. The number of amides is 2. The van der Waals surface area contributed by atoms with E-state index in [0.29, 0.717) is 12.5 Å². The molecule has 0 saturated heterocycles. The quantitative estimate of drug-likeness (QED) is 0.858. The molecule has 2 heterocycles. The highest BCUT2D eigenvalue weighted by atomic mass is 32.1. The van der Waals surface area contributed by atoms with Crippen molar-refractivity contribution in [2.75, 3.05) is 6.54 Å².